The Morgan fingerprint density at radius 1 is 1.07 bits per heavy atom. The van der Waals surface area contributed by atoms with E-state index in [0.29, 0.717) is 0 Å². The molecule has 0 heterocycles. The summed E-state index contributed by atoms with van der Waals surface area (Å²) in [6, 6.07) is 1.86. The first-order valence-electron chi connectivity index (χ1n) is 3.53. The molecule has 14 heavy (non-hydrogen) atoms. The summed E-state index contributed by atoms with van der Waals surface area (Å²) in [6.45, 7) is -3.20. The van der Waals surface area contributed by atoms with Crippen molar-refractivity contribution in [1.82, 2.24) is 0 Å². The minimum atomic E-state index is -3.20. The summed E-state index contributed by atoms with van der Waals surface area (Å²) >= 11 is 0. The van der Waals surface area contributed by atoms with Gasteiger partial charge in [0.05, 0.1) is 7.11 Å². The van der Waals surface area contributed by atoms with E-state index in [2.05, 4.69) is 9.47 Å². The van der Waals surface area contributed by atoms with Crippen LogP contribution in [0.2, 0.25) is 0 Å². The summed E-state index contributed by atoms with van der Waals surface area (Å²) in [5, 5.41) is 0. The van der Waals surface area contributed by atoms with Crippen LogP contribution in [0.15, 0.2) is 12.1 Å². The lowest BCUT2D eigenvalue weighted by Crippen LogP contribution is -2.05. The van der Waals surface area contributed by atoms with Crippen LogP contribution < -0.4 is 9.47 Å². The second-order valence-corrected chi connectivity index (χ2v) is 2.27. The normalized spacial score (nSPS) is 10.4. The zero-order valence-corrected chi connectivity index (χ0v) is 7.06. The van der Waals surface area contributed by atoms with E-state index in [1.807, 2.05) is 0 Å². The molecule has 0 atom stereocenters. The van der Waals surface area contributed by atoms with Crippen molar-refractivity contribution in [1.29, 1.82) is 0 Å². The first kappa shape index (κ1) is 10.6. The molecule has 1 aromatic carbocycles. The van der Waals surface area contributed by atoms with Gasteiger partial charge in [-0.2, -0.15) is 17.6 Å². The molecule has 0 aliphatic carbocycles. The van der Waals surface area contributed by atoms with Crippen LogP contribution in [-0.4, -0.2) is 13.7 Å². The molecule has 2 nitrogen and oxygen atoms in total. The summed E-state index contributed by atoms with van der Waals surface area (Å²) < 4.78 is 57.3. The number of alkyl halides is 2. The lowest BCUT2D eigenvalue weighted by atomic mass is 10.3. The van der Waals surface area contributed by atoms with Gasteiger partial charge in [0.2, 0.25) is 11.6 Å². The number of halogens is 4. The summed E-state index contributed by atoms with van der Waals surface area (Å²) in [4.78, 5) is 0. The third-order valence-corrected chi connectivity index (χ3v) is 1.45. The third kappa shape index (κ3) is 2.07. The van der Waals surface area contributed by atoms with Gasteiger partial charge >= 0.3 is 6.61 Å². The quantitative estimate of drug-likeness (QED) is 0.714. The fourth-order valence-corrected chi connectivity index (χ4v) is 0.859. The van der Waals surface area contributed by atoms with Crippen molar-refractivity contribution in [3.63, 3.8) is 0 Å². The molecule has 1 rings (SSSR count). The standard InChI is InChI=1S/C8H6F4O2/c1-13-4-2-3-5(14-8(11)12)7(10)6(4)9/h2-3,8H,1H3. The van der Waals surface area contributed by atoms with Crippen LogP contribution in [0.5, 0.6) is 11.5 Å². The number of benzene rings is 1. The average molecular weight is 210 g/mol. The van der Waals surface area contributed by atoms with Crippen molar-refractivity contribution in [3.05, 3.63) is 23.8 Å². The van der Waals surface area contributed by atoms with Crippen molar-refractivity contribution < 1.29 is 27.0 Å². The third-order valence-electron chi connectivity index (χ3n) is 1.45. The zero-order valence-electron chi connectivity index (χ0n) is 7.06. The van der Waals surface area contributed by atoms with Crippen LogP contribution in [0.25, 0.3) is 0 Å². The molecule has 0 radical (unpaired) electrons. The zero-order chi connectivity index (χ0) is 10.7. The molecule has 78 valence electrons. The maximum Gasteiger partial charge on any atom is 0.387 e. The summed E-state index contributed by atoms with van der Waals surface area (Å²) in [5.74, 6) is -4.07. The Kier molecular flexibility index (Phi) is 3.16. The van der Waals surface area contributed by atoms with Crippen LogP contribution in [0.1, 0.15) is 0 Å². The lowest BCUT2D eigenvalue weighted by Gasteiger charge is -2.08. The van der Waals surface area contributed by atoms with Crippen molar-refractivity contribution in [2.75, 3.05) is 7.11 Å². The highest BCUT2D eigenvalue weighted by atomic mass is 19.3. The van der Waals surface area contributed by atoms with Gasteiger partial charge in [0.15, 0.2) is 11.5 Å². The minimum absolute atomic E-state index is 0.371. The van der Waals surface area contributed by atoms with Gasteiger partial charge in [-0.1, -0.05) is 0 Å². The maximum atomic E-state index is 12.9. The molecule has 0 unspecified atom stereocenters. The first-order chi connectivity index (χ1) is 6.56. The van der Waals surface area contributed by atoms with E-state index in [-0.39, 0.29) is 5.75 Å². The Morgan fingerprint density at radius 2 is 1.57 bits per heavy atom. The highest BCUT2D eigenvalue weighted by molar-refractivity contribution is 5.34. The van der Waals surface area contributed by atoms with E-state index < -0.39 is 24.0 Å². The molecule has 0 spiro atoms. The molecule has 0 aliphatic heterocycles. The van der Waals surface area contributed by atoms with Gasteiger partial charge in [0.25, 0.3) is 0 Å². The molecular weight excluding hydrogens is 204 g/mol. The van der Waals surface area contributed by atoms with Crippen molar-refractivity contribution >= 4 is 0 Å². The van der Waals surface area contributed by atoms with Crippen LogP contribution in [0, 0.1) is 11.6 Å². The van der Waals surface area contributed by atoms with Crippen LogP contribution >= 0.6 is 0 Å². The van der Waals surface area contributed by atoms with Gasteiger partial charge in [-0.25, -0.2) is 0 Å². The Bertz CT molecular complexity index is 327. The molecule has 0 aromatic heterocycles. The molecule has 0 fully saturated rings. The predicted octanol–water partition coefficient (Wildman–Crippen LogP) is 2.57. The van der Waals surface area contributed by atoms with Gasteiger partial charge in [-0.05, 0) is 12.1 Å². The van der Waals surface area contributed by atoms with E-state index in [0.717, 1.165) is 19.2 Å². The largest absolute Gasteiger partial charge is 0.494 e. The van der Waals surface area contributed by atoms with Crippen LogP contribution in [0.4, 0.5) is 17.6 Å². The Morgan fingerprint density at radius 3 is 2.07 bits per heavy atom. The molecule has 0 amide bonds. The maximum absolute atomic E-state index is 12.9. The number of ether oxygens (including phenoxy) is 2. The second-order valence-electron chi connectivity index (χ2n) is 2.27. The Balaban J connectivity index is 3.04. The monoisotopic (exact) mass is 210 g/mol. The average Bonchev–Trinajstić information content (AvgIpc) is 2.13. The van der Waals surface area contributed by atoms with E-state index in [1.165, 1.54) is 0 Å². The van der Waals surface area contributed by atoms with Crippen molar-refractivity contribution in [2.24, 2.45) is 0 Å². The number of methoxy groups -OCH3 is 1. The first-order valence-corrected chi connectivity index (χ1v) is 3.53. The van der Waals surface area contributed by atoms with Gasteiger partial charge in [0.1, 0.15) is 0 Å². The summed E-state index contributed by atoms with van der Waals surface area (Å²) in [6.07, 6.45) is 0. The van der Waals surface area contributed by atoms with Gasteiger partial charge in [0, 0.05) is 0 Å². The fraction of sp³-hybridized carbons (Fsp3) is 0.250. The summed E-state index contributed by atoms with van der Waals surface area (Å²) in [7, 11) is 1.13. The molecule has 6 heteroatoms. The molecular formula is C8H6F4O2. The molecule has 0 saturated heterocycles. The Labute approximate surface area is 77.1 Å². The number of hydrogen-bond donors (Lipinski definition) is 0. The van der Waals surface area contributed by atoms with Crippen molar-refractivity contribution in [2.45, 2.75) is 6.61 Å². The van der Waals surface area contributed by atoms with E-state index in [4.69, 9.17) is 0 Å². The number of rotatable bonds is 3. The van der Waals surface area contributed by atoms with Crippen molar-refractivity contribution in [3.8, 4) is 11.5 Å². The van der Waals surface area contributed by atoms with Gasteiger partial charge in [-0.3, -0.25) is 0 Å². The van der Waals surface area contributed by atoms with Crippen LogP contribution in [-0.2, 0) is 0 Å². The number of hydrogen-bond acceptors (Lipinski definition) is 2. The molecule has 1 aromatic rings. The van der Waals surface area contributed by atoms with Crippen LogP contribution in [0.3, 0.4) is 0 Å². The predicted molar refractivity (Wildman–Crippen MR) is 39.5 cm³/mol. The molecule has 0 aliphatic rings. The second kappa shape index (κ2) is 4.17. The molecule has 0 saturated carbocycles. The van der Waals surface area contributed by atoms with E-state index in [1.54, 1.807) is 0 Å². The highest BCUT2D eigenvalue weighted by Gasteiger charge is 2.17. The molecule has 0 bridgehead atoms. The van der Waals surface area contributed by atoms with Gasteiger partial charge < -0.3 is 9.47 Å². The topological polar surface area (TPSA) is 18.5 Å². The minimum Gasteiger partial charge on any atom is -0.494 e. The van der Waals surface area contributed by atoms with Gasteiger partial charge in [-0.15, -0.1) is 0 Å². The lowest BCUT2D eigenvalue weighted by molar-refractivity contribution is -0.0525. The fourth-order valence-electron chi connectivity index (χ4n) is 0.859. The summed E-state index contributed by atoms with van der Waals surface area (Å²) in [5.41, 5.74) is 0. The smallest absolute Gasteiger partial charge is 0.387 e. The Hall–Kier alpha value is -1.46. The molecule has 0 N–H and O–H groups in total. The highest BCUT2D eigenvalue weighted by Crippen LogP contribution is 2.28. The SMILES string of the molecule is COc1ccc(OC(F)F)c(F)c1F. The van der Waals surface area contributed by atoms with E-state index in [9.17, 15) is 17.6 Å². The van der Waals surface area contributed by atoms with E-state index >= 15 is 0 Å².